The highest BCUT2D eigenvalue weighted by Gasteiger charge is 2.07. The van der Waals surface area contributed by atoms with Crippen LogP contribution in [0.1, 0.15) is 5.56 Å². The van der Waals surface area contributed by atoms with Crippen LogP contribution >= 0.6 is 0 Å². The highest BCUT2D eigenvalue weighted by atomic mass is 16.2. The molecule has 3 rings (SSSR count). The van der Waals surface area contributed by atoms with Crippen molar-refractivity contribution in [2.45, 2.75) is 6.54 Å². The summed E-state index contributed by atoms with van der Waals surface area (Å²) in [5.41, 5.74) is 1.84. The Morgan fingerprint density at radius 3 is 2.86 bits per heavy atom. The first-order valence-electron chi connectivity index (χ1n) is 6.87. The average molecular weight is 296 g/mol. The van der Waals surface area contributed by atoms with Crippen molar-refractivity contribution >= 4 is 28.6 Å². The molecule has 0 bridgehead atoms. The number of aromatic nitrogens is 3. The van der Waals surface area contributed by atoms with E-state index in [1.54, 1.807) is 19.3 Å². The Bertz CT molecular complexity index is 783. The number of hydrogen-bond donors (Lipinski definition) is 4. The summed E-state index contributed by atoms with van der Waals surface area (Å²) < 4.78 is 0. The zero-order valence-corrected chi connectivity index (χ0v) is 12.1. The molecule has 0 saturated carbocycles. The molecule has 2 aromatic heterocycles. The van der Waals surface area contributed by atoms with E-state index in [0.717, 1.165) is 22.3 Å². The topological polar surface area (TPSA) is 94.7 Å². The summed E-state index contributed by atoms with van der Waals surface area (Å²) in [7, 11) is 1.79. The molecule has 7 nitrogen and oxygen atoms in total. The number of anilines is 2. The summed E-state index contributed by atoms with van der Waals surface area (Å²) in [5.74, 6) is 1.19. The van der Waals surface area contributed by atoms with Gasteiger partial charge >= 0.3 is 6.03 Å². The number of benzene rings is 1. The Morgan fingerprint density at radius 2 is 2.09 bits per heavy atom. The summed E-state index contributed by atoms with van der Waals surface area (Å²) in [5, 5.41) is 16.3. The molecule has 0 radical (unpaired) electrons. The van der Waals surface area contributed by atoms with Crippen LogP contribution in [0.15, 0.2) is 42.6 Å². The van der Waals surface area contributed by atoms with Gasteiger partial charge < -0.3 is 10.6 Å². The monoisotopic (exact) mass is 296 g/mol. The van der Waals surface area contributed by atoms with Crippen molar-refractivity contribution in [1.29, 1.82) is 0 Å². The van der Waals surface area contributed by atoms with Crippen molar-refractivity contribution in [2.75, 3.05) is 17.7 Å². The molecule has 112 valence electrons. The Labute approximate surface area is 127 Å². The van der Waals surface area contributed by atoms with Crippen LogP contribution in [0.25, 0.3) is 10.9 Å². The summed E-state index contributed by atoms with van der Waals surface area (Å²) in [6.07, 6.45) is 1.66. The van der Waals surface area contributed by atoms with Gasteiger partial charge in [0.15, 0.2) is 5.82 Å². The lowest BCUT2D eigenvalue weighted by molar-refractivity contribution is 0.251. The number of urea groups is 1. The predicted molar refractivity (Wildman–Crippen MR) is 85.7 cm³/mol. The number of hydrogen-bond acceptors (Lipinski definition) is 4. The molecule has 0 spiro atoms. The fourth-order valence-electron chi connectivity index (χ4n) is 2.11. The van der Waals surface area contributed by atoms with Crippen molar-refractivity contribution in [3.63, 3.8) is 0 Å². The maximum absolute atomic E-state index is 11.9. The summed E-state index contributed by atoms with van der Waals surface area (Å²) >= 11 is 0. The van der Waals surface area contributed by atoms with Crippen molar-refractivity contribution in [2.24, 2.45) is 0 Å². The minimum absolute atomic E-state index is 0.302. The van der Waals surface area contributed by atoms with E-state index in [0.29, 0.717) is 12.4 Å². The first-order chi connectivity index (χ1) is 10.8. The van der Waals surface area contributed by atoms with Gasteiger partial charge in [0.25, 0.3) is 0 Å². The van der Waals surface area contributed by atoms with Gasteiger partial charge in [-0.2, -0.15) is 5.10 Å². The van der Waals surface area contributed by atoms with Crippen LogP contribution in [-0.2, 0) is 6.54 Å². The number of nitrogens with one attached hydrogen (secondary N) is 4. The van der Waals surface area contributed by atoms with Crippen LogP contribution in [0.5, 0.6) is 0 Å². The van der Waals surface area contributed by atoms with Gasteiger partial charge in [-0.05, 0) is 5.56 Å². The van der Waals surface area contributed by atoms with E-state index in [9.17, 15) is 4.79 Å². The van der Waals surface area contributed by atoms with Gasteiger partial charge in [0, 0.05) is 25.9 Å². The zero-order valence-electron chi connectivity index (χ0n) is 12.1. The third kappa shape index (κ3) is 2.98. The van der Waals surface area contributed by atoms with Crippen molar-refractivity contribution < 1.29 is 4.79 Å². The van der Waals surface area contributed by atoms with E-state index < -0.39 is 0 Å². The molecule has 1 aromatic carbocycles. The number of aromatic amines is 1. The van der Waals surface area contributed by atoms with Crippen molar-refractivity contribution in [3.8, 4) is 0 Å². The van der Waals surface area contributed by atoms with Gasteiger partial charge in [0.05, 0.1) is 10.9 Å². The minimum Gasteiger partial charge on any atom is -0.371 e. The molecule has 0 aliphatic heterocycles. The molecule has 0 fully saturated rings. The fourth-order valence-corrected chi connectivity index (χ4v) is 2.11. The zero-order chi connectivity index (χ0) is 15.4. The molecular weight excluding hydrogens is 280 g/mol. The molecule has 3 aromatic rings. The molecule has 0 unspecified atom stereocenters. The first kappa shape index (κ1) is 13.9. The Hall–Kier alpha value is -3.09. The van der Waals surface area contributed by atoms with Gasteiger partial charge in [-0.15, -0.1) is 0 Å². The van der Waals surface area contributed by atoms with Gasteiger partial charge in [0.2, 0.25) is 0 Å². The highest BCUT2D eigenvalue weighted by Crippen LogP contribution is 2.20. The Morgan fingerprint density at radius 1 is 1.27 bits per heavy atom. The van der Waals surface area contributed by atoms with E-state index >= 15 is 0 Å². The van der Waals surface area contributed by atoms with Gasteiger partial charge in [-0.1, -0.05) is 30.3 Å². The predicted octanol–water partition coefficient (Wildman–Crippen LogP) is 2.32. The lowest BCUT2D eigenvalue weighted by Gasteiger charge is -2.07. The van der Waals surface area contributed by atoms with E-state index in [-0.39, 0.29) is 6.03 Å². The largest absolute Gasteiger partial charge is 0.371 e. The number of carbonyl (C=O) groups is 1. The van der Waals surface area contributed by atoms with Crippen LogP contribution in [0.4, 0.5) is 16.4 Å². The number of nitrogens with zero attached hydrogens (tertiary/aromatic N) is 2. The average Bonchev–Trinajstić information content (AvgIpc) is 2.96. The van der Waals surface area contributed by atoms with Gasteiger partial charge in [0.1, 0.15) is 5.82 Å². The minimum atomic E-state index is -0.302. The Balaban J connectivity index is 1.64. The molecule has 0 aliphatic carbocycles. The highest BCUT2D eigenvalue weighted by molar-refractivity contribution is 5.93. The number of amides is 2. The summed E-state index contributed by atoms with van der Waals surface area (Å²) in [6.45, 7) is 0.461. The number of pyridine rings is 1. The maximum Gasteiger partial charge on any atom is 0.320 e. The van der Waals surface area contributed by atoms with Crippen molar-refractivity contribution in [1.82, 2.24) is 20.5 Å². The summed E-state index contributed by atoms with van der Waals surface area (Å²) in [6, 6.07) is 11.1. The molecular formula is C15H16N6O. The molecule has 0 saturated heterocycles. The normalized spacial score (nSPS) is 10.4. The number of H-pyrrole nitrogens is 1. The standard InChI is InChI=1S/C15H16N6O/c1-16-14-11-9-17-13(7-12(11)20-21-14)19-15(22)18-8-10-5-3-2-4-6-10/h2-7,9H,8H2,1H3,(H2,16,20,21)(H2,17,18,19,22). The Kier molecular flexibility index (Phi) is 3.86. The second-order valence-corrected chi connectivity index (χ2v) is 4.73. The van der Waals surface area contributed by atoms with Crippen LogP contribution in [0.2, 0.25) is 0 Å². The quantitative estimate of drug-likeness (QED) is 0.594. The van der Waals surface area contributed by atoms with Gasteiger partial charge in [-0.25, -0.2) is 9.78 Å². The fraction of sp³-hybridized carbons (Fsp3) is 0.133. The van der Waals surface area contributed by atoms with E-state index in [1.165, 1.54) is 0 Å². The molecule has 2 amide bonds. The molecule has 4 N–H and O–H groups in total. The second-order valence-electron chi connectivity index (χ2n) is 4.73. The van der Waals surface area contributed by atoms with Crippen LogP contribution in [0, 0.1) is 0 Å². The number of rotatable bonds is 4. The molecule has 7 heteroatoms. The second kappa shape index (κ2) is 6.13. The first-order valence-corrected chi connectivity index (χ1v) is 6.87. The van der Waals surface area contributed by atoms with Gasteiger partial charge in [-0.3, -0.25) is 10.4 Å². The molecule has 0 atom stereocenters. The maximum atomic E-state index is 11.9. The van der Waals surface area contributed by atoms with Crippen LogP contribution in [0.3, 0.4) is 0 Å². The SMILES string of the molecule is CNc1n[nH]c2cc(NC(=O)NCc3ccccc3)ncc12. The lowest BCUT2D eigenvalue weighted by Crippen LogP contribution is -2.28. The number of carbonyl (C=O) groups excluding carboxylic acids is 1. The molecule has 2 heterocycles. The molecule has 0 aliphatic rings. The van der Waals surface area contributed by atoms with E-state index in [4.69, 9.17) is 0 Å². The van der Waals surface area contributed by atoms with E-state index in [1.807, 2.05) is 30.3 Å². The lowest BCUT2D eigenvalue weighted by atomic mass is 10.2. The molecule has 22 heavy (non-hydrogen) atoms. The van der Waals surface area contributed by atoms with Crippen molar-refractivity contribution in [3.05, 3.63) is 48.2 Å². The third-order valence-corrected chi connectivity index (χ3v) is 3.22. The van der Waals surface area contributed by atoms with Crippen LogP contribution in [-0.4, -0.2) is 28.3 Å². The van der Waals surface area contributed by atoms with E-state index in [2.05, 4.69) is 31.1 Å². The van der Waals surface area contributed by atoms with Crippen LogP contribution < -0.4 is 16.0 Å². The number of fused-ring (bicyclic) bond motifs is 1. The third-order valence-electron chi connectivity index (χ3n) is 3.22. The smallest absolute Gasteiger partial charge is 0.320 e. The summed E-state index contributed by atoms with van der Waals surface area (Å²) in [4.78, 5) is 16.1.